The van der Waals surface area contributed by atoms with E-state index < -0.39 is 0 Å². The SMILES string of the molecule is COc1cccc2c1SCC(N)C2. The minimum Gasteiger partial charge on any atom is -0.496 e. The summed E-state index contributed by atoms with van der Waals surface area (Å²) in [4.78, 5) is 1.27. The van der Waals surface area contributed by atoms with Crippen molar-refractivity contribution in [2.75, 3.05) is 12.9 Å². The number of thioether (sulfide) groups is 1. The van der Waals surface area contributed by atoms with Crippen molar-refractivity contribution < 1.29 is 4.74 Å². The molecule has 0 amide bonds. The molecule has 0 saturated heterocycles. The smallest absolute Gasteiger partial charge is 0.132 e. The lowest BCUT2D eigenvalue weighted by molar-refractivity contribution is 0.403. The zero-order valence-electron chi connectivity index (χ0n) is 7.62. The monoisotopic (exact) mass is 195 g/mol. The van der Waals surface area contributed by atoms with Gasteiger partial charge in [0.2, 0.25) is 0 Å². The molecule has 1 aliphatic heterocycles. The number of nitrogens with two attached hydrogens (primary N) is 1. The van der Waals surface area contributed by atoms with E-state index in [9.17, 15) is 0 Å². The van der Waals surface area contributed by atoms with Gasteiger partial charge in [0.05, 0.1) is 12.0 Å². The fourth-order valence-electron chi connectivity index (χ4n) is 1.58. The van der Waals surface area contributed by atoms with Crippen LogP contribution in [0.2, 0.25) is 0 Å². The first kappa shape index (κ1) is 8.91. The number of rotatable bonds is 1. The normalized spacial score (nSPS) is 20.9. The van der Waals surface area contributed by atoms with Crippen LogP contribution in [-0.2, 0) is 6.42 Å². The van der Waals surface area contributed by atoms with Gasteiger partial charge < -0.3 is 10.5 Å². The van der Waals surface area contributed by atoms with E-state index in [0.717, 1.165) is 17.9 Å². The lowest BCUT2D eigenvalue weighted by Crippen LogP contribution is -2.28. The molecule has 1 unspecified atom stereocenters. The van der Waals surface area contributed by atoms with E-state index in [1.54, 1.807) is 18.9 Å². The van der Waals surface area contributed by atoms with E-state index in [2.05, 4.69) is 6.07 Å². The molecule has 0 saturated carbocycles. The van der Waals surface area contributed by atoms with Crippen LogP contribution < -0.4 is 10.5 Å². The second-order valence-electron chi connectivity index (χ2n) is 3.22. The summed E-state index contributed by atoms with van der Waals surface area (Å²) >= 11 is 1.80. The predicted molar refractivity (Wildman–Crippen MR) is 55.4 cm³/mol. The molecule has 2 rings (SSSR count). The molecule has 70 valence electrons. The van der Waals surface area contributed by atoms with Crippen LogP contribution in [-0.4, -0.2) is 18.9 Å². The fourth-order valence-corrected chi connectivity index (χ4v) is 2.71. The largest absolute Gasteiger partial charge is 0.496 e. The molecule has 1 atom stereocenters. The van der Waals surface area contributed by atoms with Gasteiger partial charge in [-0.05, 0) is 18.1 Å². The average molecular weight is 195 g/mol. The Labute approximate surface area is 82.5 Å². The summed E-state index contributed by atoms with van der Waals surface area (Å²) in [6, 6.07) is 6.45. The quantitative estimate of drug-likeness (QED) is 0.740. The van der Waals surface area contributed by atoms with Gasteiger partial charge in [0.15, 0.2) is 0 Å². The molecule has 13 heavy (non-hydrogen) atoms. The van der Waals surface area contributed by atoms with Crippen LogP contribution in [0.5, 0.6) is 5.75 Å². The van der Waals surface area contributed by atoms with E-state index in [0.29, 0.717) is 6.04 Å². The van der Waals surface area contributed by atoms with Crippen LogP contribution in [0, 0.1) is 0 Å². The van der Waals surface area contributed by atoms with E-state index in [1.165, 1.54) is 10.5 Å². The molecule has 1 aromatic rings. The van der Waals surface area contributed by atoms with Crippen molar-refractivity contribution in [3.8, 4) is 5.75 Å². The molecule has 0 aliphatic carbocycles. The van der Waals surface area contributed by atoms with Crippen molar-refractivity contribution >= 4 is 11.8 Å². The maximum Gasteiger partial charge on any atom is 0.132 e. The Morgan fingerprint density at radius 3 is 3.15 bits per heavy atom. The van der Waals surface area contributed by atoms with E-state index in [-0.39, 0.29) is 0 Å². The lowest BCUT2D eigenvalue weighted by Gasteiger charge is -2.22. The summed E-state index contributed by atoms with van der Waals surface area (Å²) in [5.74, 6) is 1.97. The topological polar surface area (TPSA) is 35.2 Å². The molecule has 1 heterocycles. The zero-order valence-corrected chi connectivity index (χ0v) is 8.43. The van der Waals surface area contributed by atoms with Gasteiger partial charge in [0.25, 0.3) is 0 Å². The van der Waals surface area contributed by atoms with Gasteiger partial charge in [-0.25, -0.2) is 0 Å². The third-order valence-electron chi connectivity index (χ3n) is 2.20. The van der Waals surface area contributed by atoms with Crippen molar-refractivity contribution in [1.29, 1.82) is 0 Å². The minimum atomic E-state index is 0.296. The van der Waals surface area contributed by atoms with Gasteiger partial charge in [-0.15, -0.1) is 11.8 Å². The van der Waals surface area contributed by atoms with E-state index in [4.69, 9.17) is 10.5 Å². The first-order valence-corrected chi connectivity index (χ1v) is 5.34. The molecule has 1 aliphatic rings. The van der Waals surface area contributed by atoms with Gasteiger partial charge in [-0.1, -0.05) is 12.1 Å². The highest BCUT2D eigenvalue weighted by Gasteiger charge is 2.18. The van der Waals surface area contributed by atoms with Crippen LogP contribution >= 0.6 is 11.8 Å². The second-order valence-corrected chi connectivity index (χ2v) is 4.25. The highest BCUT2D eigenvalue weighted by atomic mass is 32.2. The Morgan fingerprint density at radius 2 is 2.38 bits per heavy atom. The van der Waals surface area contributed by atoms with Crippen molar-refractivity contribution in [1.82, 2.24) is 0 Å². The second kappa shape index (κ2) is 3.60. The predicted octanol–water partition coefficient (Wildman–Crippen LogP) is 1.67. The van der Waals surface area contributed by atoms with Gasteiger partial charge >= 0.3 is 0 Å². The number of benzene rings is 1. The number of fused-ring (bicyclic) bond motifs is 1. The third kappa shape index (κ3) is 1.67. The third-order valence-corrected chi connectivity index (χ3v) is 3.55. The Kier molecular flexibility index (Phi) is 2.47. The van der Waals surface area contributed by atoms with Crippen molar-refractivity contribution in [3.05, 3.63) is 23.8 Å². The van der Waals surface area contributed by atoms with Crippen LogP contribution in [0.4, 0.5) is 0 Å². The number of hydrogen-bond donors (Lipinski definition) is 1. The summed E-state index contributed by atoms with van der Waals surface area (Å²) in [7, 11) is 1.71. The van der Waals surface area contributed by atoms with Crippen molar-refractivity contribution in [2.45, 2.75) is 17.4 Å². The standard InChI is InChI=1S/C10H13NOS/c1-12-9-4-2-3-7-5-8(11)6-13-10(7)9/h2-4,8H,5-6,11H2,1H3. The van der Waals surface area contributed by atoms with Crippen LogP contribution in [0.25, 0.3) is 0 Å². The molecule has 0 bridgehead atoms. The highest BCUT2D eigenvalue weighted by Crippen LogP contribution is 2.36. The minimum absolute atomic E-state index is 0.296. The average Bonchev–Trinajstić information content (AvgIpc) is 2.16. The molecule has 2 nitrogen and oxygen atoms in total. The van der Waals surface area contributed by atoms with Gasteiger partial charge in [0.1, 0.15) is 5.75 Å². The van der Waals surface area contributed by atoms with Gasteiger partial charge in [0, 0.05) is 11.8 Å². The number of hydrogen-bond acceptors (Lipinski definition) is 3. The van der Waals surface area contributed by atoms with Crippen LogP contribution in [0.1, 0.15) is 5.56 Å². The molecule has 0 aromatic heterocycles. The van der Waals surface area contributed by atoms with Gasteiger partial charge in [-0.3, -0.25) is 0 Å². The van der Waals surface area contributed by atoms with E-state index in [1.807, 2.05) is 12.1 Å². The Bertz CT molecular complexity index is 314. The van der Waals surface area contributed by atoms with Crippen molar-refractivity contribution in [3.63, 3.8) is 0 Å². The highest BCUT2D eigenvalue weighted by molar-refractivity contribution is 7.99. The summed E-state index contributed by atoms with van der Waals surface area (Å²) in [5, 5.41) is 0. The first-order chi connectivity index (χ1) is 6.31. The molecular weight excluding hydrogens is 182 g/mol. The molecule has 0 spiro atoms. The first-order valence-electron chi connectivity index (χ1n) is 4.35. The fraction of sp³-hybridized carbons (Fsp3) is 0.400. The molecule has 2 N–H and O–H groups in total. The molecule has 0 radical (unpaired) electrons. The van der Waals surface area contributed by atoms with E-state index >= 15 is 0 Å². The molecular formula is C10H13NOS. The zero-order chi connectivity index (χ0) is 9.26. The maximum absolute atomic E-state index is 5.88. The summed E-state index contributed by atoms with van der Waals surface area (Å²) in [6.07, 6.45) is 0.972. The van der Waals surface area contributed by atoms with Gasteiger partial charge in [-0.2, -0.15) is 0 Å². The van der Waals surface area contributed by atoms with Crippen molar-refractivity contribution in [2.24, 2.45) is 5.73 Å². The summed E-state index contributed by atoms with van der Waals surface area (Å²) < 4.78 is 5.29. The molecule has 3 heteroatoms. The lowest BCUT2D eigenvalue weighted by atomic mass is 10.1. The maximum atomic E-state index is 5.88. The number of ether oxygens (including phenoxy) is 1. The Hall–Kier alpha value is -0.670. The summed E-state index contributed by atoms with van der Waals surface area (Å²) in [5.41, 5.74) is 7.20. The Morgan fingerprint density at radius 1 is 1.54 bits per heavy atom. The van der Waals surface area contributed by atoms with Crippen LogP contribution in [0.3, 0.4) is 0 Å². The molecule has 0 fully saturated rings. The van der Waals surface area contributed by atoms with Crippen LogP contribution in [0.15, 0.2) is 23.1 Å². The summed E-state index contributed by atoms with van der Waals surface area (Å²) in [6.45, 7) is 0. The Balaban J connectivity index is 2.39. The molecule has 1 aromatic carbocycles. The number of methoxy groups -OCH3 is 1.